The van der Waals surface area contributed by atoms with Crippen LogP contribution < -0.4 is 0 Å². The van der Waals surface area contributed by atoms with Gasteiger partial charge in [-0.2, -0.15) is 132 Å². The molecule has 0 aromatic rings. The molecule has 1 rings (SSSR count). The van der Waals surface area contributed by atoms with Crippen molar-refractivity contribution >= 4 is 23.9 Å². The Morgan fingerprint density at radius 1 is 0.277 bits per heavy atom. The predicted molar refractivity (Wildman–Crippen MR) is 129 cm³/mol. The van der Waals surface area contributed by atoms with Gasteiger partial charge >= 0.3 is 85.6 Å². The summed E-state index contributed by atoms with van der Waals surface area (Å²) in [7, 11) is 0. The molecular formula is C25H6F30O10. The highest BCUT2D eigenvalue weighted by atomic mass is 19.5. The van der Waals surface area contributed by atoms with Gasteiger partial charge in [-0.05, 0) is 0 Å². The van der Waals surface area contributed by atoms with E-state index in [4.69, 9.17) is 0 Å². The summed E-state index contributed by atoms with van der Waals surface area (Å²) < 4.78 is 413. The zero-order valence-corrected chi connectivity index (χ0v) is 28.3. The van der Waals surface area contributed by atoms with Crippen molar-refractivity contribution in [3.05, 3.63) is 33.8 Å². The molecule has 1 aliphatic rings. The largest absolute Gasteiger partial charge is 0.480 e. The van der Waals surface area contributed by atoms with E-state index in [0.29, 0.717) is 0 Å². The maximum absolute atomic E-state index is 13.3. The summed E-state index contributed by atoms with van der Waals surface area (Å²) in [6.45, 7) is 0. The molecule has 0 unspecified atom stereocenters. The lowest BCUT2D eigenvalue weighted by molar-refractivity contribution is -0.320. The summed E-state index contributed by atoms with van der Waals surface area (Å²) in [5.41, 5.74) is -20.7. The first kappa shape index (κ1) is 57.6. The van der Waals surface area contributed by atoms with Crippen molar-refractivity contribution in [2.45, 2.75) is 92.3 Å². The second-order valence-corrected chi connectivity index (χ2v) is 11.2. The van der Waals surface area contributed by atoms with Crippen LogP contribution in [0, 0.1) is 0 Å². The van der Waals surface area contributed by atoms with Crippen molar-refractivity contribution in [2.75, 3.05) is 0 Å². The number of halogens is 30. The van der Waals surface area contributed by atoms with Crippen molar-refractivity contribution in [1.82, 2.24) is 0 Å². The second kappa shape index (κ2) is 17.8. The summed E-state index contributed by atoms with van der Waals surface area (Å²) in [5, 5.41) is 10.1. The number of aliphatic hydroxyl groups excluding tert-OH is 1. The van der Waals surface area contributed by atoms with Crippen LogP contribution in [0.5, 0.6) is 0 Å². The van der Waals surface area contributed by atoms with Gasteiger partial charge in [-0.3, -0.25) is 0 Å². The molecule has 0 spiro atoms. The lowest BCUT2D eigenvalue weighted by Crippen LogP contribution is -2.47. The molecule has 0 atom stereocenters. The first-order valence-corrected chi connectivity index (χ1v) is 14.3. The van der Waals surface area contributed by atoms with E-state index in [0.717, 1.165) is 0 Å². The zero-order chi connectivity index (χ0) is 52.2. The van der Waals surface area contributed by atoms with Crippen LogP contribution in [0.4, 0.5) is 132 Å². The van der Waals surface area contributed by atoms with E-state index in [1.807, 2.05) is 0 Å². The number of rotatable bonds is 10. The van der Waals surface area contributed by atoms with Gasteiger partial charge in [0.25, 0.3) is 36.5 Å². The molecule has 0 radical (unpaired) electrons. The van der Waals surface area contributed by atoms with Gasteiger partial charge in [-0.15, -0.1) is 0 Å². The Morgan fingerprint density at radius 3 is 0.569 bits per heavy atom. The highest BCUT2D eigenvalue weighted by molar-refractivity contribution is 6.23. The quantitative estimate of drug-likeness (QED) is 0.0978. The minimum absolute atomic E-state index is 2.64. The summed E-state index contributed by atoms with van der Waals surface area (Å²) in [4.78, 5) is 51.7. The molecule has 0 heterocycles. The van der Waals surface area contributed by atoms with Gasteiger partial charge in [-0.25, -0.2) is 19.2 Å². The first-order valence-electron chi connectivity index (χ1n) is 14.3. The van der Waals surface area contributed by atoms with Crippen LogP contribution in [0.25, 0.3) is 0 Å². The average molecular weight is 1040 g/mol. The Morgan fingerprint density at radius 2 is 0.415 bits per heavy atom. The molecule has 376 valence electrons. The lowest BCUT2D eigenvalue weighted by atomic mass is 10.0. The Hall–Kier alpha value is -5.40. The molecule has 1 aliphatic carbocycles. The third-order valence-electron chi connectivity index (χ3n) is 6.38. The van der Waals surface area contributed by atoms with Crippen LogP contribution in [0.3, 0.4) is 0 Å². The number of hydrogen-bond donors (Lipinski definition) is 1. The maximum atomic E-state index is 13.3. The maximum Gasteiger partial charge on any atom is 0.434 e. The molecule has 0 amide bonds. The number of alkyl halides is 30. The summed E-state index contributed by atoms with van der Waals surface area (Å²) in [5.74, 6) is -22.4. The van der Waals surface area contributed by atoms with Crippen LogP contribution in [-0.4, -0.2) is 121 Å². The van der Waals surface area contributed by atoms with Crippen LogP contribution >= 0.6 is 0 Å². The lowest BCUT2D eigenvalue weighted by Gasteiger charge is -2.26. The van der Waals surface area contributed by atoms with E-state index >= 15 is 0 Å². The van der Waals surface area contributed by atoms with Gasteiger partial charge in [0.2, 0.25) is 0 Å². The second-order valence-electron chi connectivity index (χ2n) is 11.2. The fraction of sp³-hybridized carbons (Fsp3) is 0.600. The highest BCUT2D eigenvalue weighted by Crippen LogP contribution is 2.49. The van der Waals surface area contributed by atoms with Gasteiger partial charge in [0.15, 0.2) is 0 Å². The molecule has 0 aromatic heterocycles. The van der Waals surface area contributed by atoms with E-state index in [1.54, 1.807) is 0 Å². The number of carbonyl (C=O) groups excluding carboxylic acids is 4. The normalized spacial score (nSPS) is 15.8. The van der Waals surface area contributed by atoms with Gasteiger partial charge in [0, 0.05) is 0 Å². The van der Waals surface area contributed by atoms with Gasteiger partial charge in [-0.1, -0.05) is 0 Å². The standard InChI is InChI=1S/C25H6F30O10/c26-16(27,28)11(17(29,30)31)61-6(56)1-2(7(57)62-12(18(32,33)34)19(35,36)37)4(9(59)64-14(22(44,45)46)23(47,48)49)5(10(60)65-15(24(50,51)52)25(53,54)55)3(1)8(58)63-13(20(38,39)40)21(41,42)43/h11-15,56H. The molecule has 0 aliphatic heterocycles. The Kier molecular flexibility index (Phi) is 15.8. The van der Waals surface area contributed by atoms with Crippen LogP contribution in [-0.2, 0) is 42.9 Å². The SMILES string of the molecule is O=C(OC(C(F)(F)F)C(F)(F)F)C1=C(C(=O)OC(C(F)(F)F)C(F)(F)F)C(C(=O)OC(C(F)(F)F)C(F)(F)F)=C(C(=O)OC(C(F)(F)F)C(F)(F)F)C1=C(O)OC(C(F)(F)F)C(F)(F)F. The Labute approximate surface area is 330 Å². The summed E-state index contributed by atoms with van der Waals surface area (Å²) >= 11 is 0. The van der Waals surface area contributed by atoms with Crippen molar-refractivity contribution in [1.29, 1.82) is 0 Å². The highest BCUT2D eigenvalue weighted by Gasteiger charge is 2.66. The fourth-order valence-corrected chi connectivity index (χ4v) is 4.09. The molecule has 0 aromatic carbocycles. The van der Waals surface area contributed by atoms with Crippen molar-refractivity contribution in [3.8, 4) is 0 Å². The first-order chi connectivity index (χ1) is 28.2. The smallest absolute Gasteiger partial charge is 0.434 e. The monoisotopic (exact) mass is 1040 g/mol. The molecule has 0 saturated carbocycles. The minimum Gasteiger partial charge on any atom is -0.480 e. The molecule has 40 heteroatoms. The molecule has 0 fully saturated rings. The molecule has 10 nitrogen and oxygen atoms in total. The minimum atomic E-state index is -7.36. The molecule has 1 N–H and O–H groups in total. The van der Waals surface area contributed by atoms with Gasteiger partial charge in [0.05, 0.1) is 27.9 Å². The van der Waals surface area contributed by atoms with E-state index < -0.39 is 150 Å². The van der Waals surface area contributed by atoms with Gasteiger partial charge in [0.1, 0.15) is 0 Å². The molecule has 65 heavy (non-hydrogen) atoms. The van der Waals surface area contributed by atoms with Crippen LogP contribution in [0.2, 0.25) is 0 Å². The Bertz CT molecular complexity index is 1720. The van der Waals surface area contributed by atoms with Crippen molar-refractivity contribution < 1.29 is 180 Å². The number of aliphatic hydroxyl groups is 1. The number of carbonyl (C=O) groups is 4. The van der Waals surface area contributed by atoms with E-state index in [9.17, 15) is 156 Å². The van der Waals surface area contributed by atoms with E-state index in [2.05, 4.69) is 23.7 Å². The number of esters is 4. The predicted octanol–water partition coefficient (Wildman–Crippen LogP) is 9.02. The fourth-order valence-electron chi connectivity index (χ4n) is 4.09. The topological polar surface area (TPSA) is 135 Å². The van der Waals surface area contributed by atoms with E-state index in [1.165, 1.54) is 0 Å². The third-order valence-corrected chi connectivity index (χ3v) is 6.38. The molecule has 0 bridgehead atoms. The third kappa shape index (κ3) is 14.3. The van der Waals surface area contributed by atoms with Gasteiger partial charge < -0.3 is 28.8 Å². The molecular weight excluding hydrogens is 1030 g/mol. The summed E-state index contributed by atoms with van der Waals surface area (Å²) in [6, 6.07) is 0. The van der Waals surface area contributed by atoms with Crippen LogP contribution in [0.15, 0.2) is 33.8 Å². The van der Waals surface area contributed by atoms with E-state index in [-0.39, 0.29) is 0 Å². The number of hydrogen-bond acceptors (Lipinski definition) is 10. The molecule has 0 saturated heterocycles. The van der Waals surface area contributed by atoms with Crippen molar-refractivity contribution in [2.24, 2.45) is 0 Å². The average Bonchev–Trinajstić information content (AvgIpc) is 3.37. The summed E-state index contributed by atoms with van der Waals surface area (Å²) in [6.07, 6.45) is -104. The number of ether oxygens (including phenoxy) is 5. The van der Waals surface area contributed by atoms with Crippen LogP contribution in [0.1, 0.15) is 0 Å². The van der Waals surface area contributed by atoms with Crippen molar-refractivity contribution in [3.63, 3.8) is 0 Å². The Balaban J connectivity index is 5.16. The zero-order valence-electron chi connectivity index (χ0n) is 28.3.